The van der Waals surface area contributed by atoms with Crippen molar-refractivity contribution < 1.29 is 19.1 Å². The predicted octanol–water partition coefficient (Wildman–Crippen LogP) is 4.15. The second-order valence-corrected chi connectivity index (χ2v) is 6.26. The Labute approximate surface area is 160 Å². The lowest BCUT2D eigenvalue weighted by Gasteiger charge is -2.08. The Balaban J connectivity index is 1.56. The molecule has 0 spiro atoms. The van der Waals surface area contributed by atoms with Crippen LogP contribution in [0.4, 0.5) is 5.69 Å². The first kappa shape index (κ1) is 18.6. The average Bonchev–Trinajstić information content (AvgIpc) is 3.21. The molecule has 27 heavy (non-hydrogen) atoms. The molecule has 138 valence electrons. The van der Waals surface area contributed by atoms with Gasteiger partial charge in [0, 0.05) is 16.6 Å². The summed E-state index contributed by atoms with van der Waals surface area (Å²) in [5, 5.41) is 4.72. The third-order valence-corrected chi connectivity index (χ3v) is 4.28. The Kier molecular flexibility index (Phi) is 6.17. The minimum absolute atomic E-state index is 0.245. The van der Waals surface area contributed by atoms with Crippen molar-refractivity contribution >= 4 is 28.9 Å². The van der Waals surface area contributed by atoms with Gasteiger partial charge in [0.2, 0.25) is 0 Å². The zero-order valence-corrected chi connectivity index (χ0v) is 15.5. The Morgan fingerprint density at radius 3 is 2.37 bits per heavy atom. The summed E-state index contributed by atoms with van der Waals surface area (Å²) in [6, 6.07) is 13.4. The smallest absolute Gasteiger partial charge is 0.338 e. The Morgan fingerprint density at radius 2 is 1.74 bits per heavy atom. The van der Waals surface area contributed by atoms with E-state index in [9.17, 15) is 9.59 Å². The van der Waals surface area contributed by atoms with Crippen LogP contribution >= 0.6 is 11.3 Å². The summed E-state index contributed by atoms with van der Waals surface area (Å²) in [6.45, 7) is 2.46. The van der Waals surface area contributed by atoms with Crippen LogP contribution < -0.4 is 10.1 Å². The lowest BCUT2D eigenvalue weighted by Crippen LogP contribution is -2.12. The number of benzene rings is 2. The van der Waals surface area contributed by atoms with Gasteiger partial charge in [-0.05, 0) is 55.5 Å². The number of anilines is 1. The summed E-state index contributed by atoms with van der Waals surface area (Å²) >= 11 is 1.52. The Hall–Kier alpha value is -3.19. The van der Waals surface area contributed by atoms with Crippen molar-refractivity contribution in [2.75, 3.05) is 11.9 Å². The highest BCUT2D eigenvalue weighted by molar-refractivity contribution is 7.07. The predicted molar refractivity (Wildman–Crippen MR) is 103 cm³/mol. The fraction of sp³-hybridized carbons (Fsp3) is 0.150. The molecule has 1 amide bonds. The maximum atomic E-state index is 12.3. The minimum atomic E-state index is -0.386. The monoisotopic (exact) mass is 382 g/mol. The van der Waals surface area contributed by atoms with Crippen LogP contribution in [0.15, 0.2) is 59.4 Å². The van der Waals surface area contributed by atoms with Crippen molar-refractivity contribution in [3.05, 3.63) is 76.2 Å². The third kappa shape index (κ3) is 5.15. The molecule has 7 heteroatoms. The van der Waals surface area contributed by atoms with Crippen LogP contribution in [-0.4, -0.2) is 23.5 Å². The molecule has 2 aromatic carbocycles. The summed E-state index contributed by atoms with van der Waals surface area (Å²) < 4.78 is 10.6. The van der Waals surface area contributed by atoms with E-state index in [4.69, 9.17) is 9.47 Å². The van der Waals surface area contributed by atoms with Crippen molar-refractivity contribution in [3.63, 3.8) is 0 Å². The van der Waals surface area contributed by atoms with Crippen LogP contribution in [0.3, 0.4) is 0 Å². The zero-order valence-electron chi connectivity index (χ0n) is 14.7. The molecule has 3 rings (SSSR count). The van der Waals surface area contributed by atoms with Crippen LogP contribution in [0.2, 0.25) is 0 Å². The minimum Gasteiger partial charge on any atom is -0.487 e. The van der Waals surface area contributed by atoms with E-state index in [1.807, 2.05) is 5.38 Å². The second-order valence-electron chi connectivity index (χ2n) is 5.54. The number of ether oxygens (including phenoxy) is 2. The van der Waals surface area contributed by atoms with Gasteiger partial charge < -0.3 is 14.8 Å². The van der Waals surface area contributed by atoms with Gasteiger partial charge >= 0.3 is 5.97 Å². The number of nitrogens with zero attached hydrogens (tertiary/aromatic N) is 1. The molecule has 1 N–H and O–H groups in total. The van der Waals surface area contributed by atoms with Crippen molar-refractivity contribution in [1.29, 1.82) is 0 Å². The number of carbonyl (C=O) groups excluding carboxylic acids is 2. The number of nitrogens with one attached hydrogen (secondary N) is 1. The van der Waals surface area contributed by atoms with Gasteiger partial charge in [-0.25, -0.2) is 9.78 Å². The van der Waals surface area contributed by atoms with Gasteiger partial charge in [0.15, 0.2) is 0 Å². The summed E-state index contributed by atoms with van der Waals surface area (Å²) in [5.41, 5.74) is 4.16. The van der Waals surface area contributed by atoms with Gasteiger partial charge in [-0.2, -0.15) is 0 Å². The van der Waals surface area contributed by atoms with E-state index in [-0.39, 0.29) is 11.9 Å². The fourth-order valence-corrected chi connectivity index (χ4v) is 2.82. The number of aromatic nitrogens is 1. The molecule has 3 aromatic rings. The van der Waals surface area contributed by atoms with E-state index < -0.39 is 0 Å². The largest absolute Gasteiger partial charge is 0.487 e. The standard InChI is InChI=1S/C20H18N2O4S/c1-2-25-20(24)15-3-7-16(8-4-15)22-19(23)14-5-9-18(10-6-14)26-11-17-12-27-13-21-17/h3-10,12-13H,2,11H2,1H3,(H,22,23). The lowest BCUT2D eigenvalue weighted by atomic mass is 10.1. The van der Waals surface area contributed by atoms with E-state index in [0.29, 0.717) is 35.8 Å². The molecule has 0 aliphatic heterocycles. The van der Waals surface area contributed by atoms with Crippen LogP contribution in [0.25, 0.3) is 0 Å². The molecule has 1 aromatic heterocycles. The number of amides is 1. The van der Waals surface area contributed by atoms with Crippen LogP contribution in [0.5, 0.6) is 5.75 Å². The SMILES string of the molecule is CCOC(=O)c1ccc(NC(=O)c2ccc(OCc3cscn3)cc2)cc1. The maximum Gasteiger partial charge on any atom is 0.338 e. The quantitative estimate of drug-likeness (QED) is 0.621. The summed E-state index contributed by atoms with van der Waals surface area (Å²) in [6.07, 6.45) is 0. The lowest BCUT2D eigenvalue weighted by molar-refractivity contribution is 0.0526. The topological polar surface area (TPSA) is 77.5 Å². The maximum absolute atomic E-state index is 12.3. The molecular formula is C20H18N2O4S. The fourth-order valence-electron chi connectivity index (χ4n) is 2.28. The van der Waals surface area contributed by atoms with Crippen molar-refractivity contribution in [2.24, 2.45) is 0 Å². The van der Waals surface area contributed by atoms with Crippen LogP contribution in [0, 0.1) is 0 Å². The molecule has 0 radical (unpaired) electrons. The number of thiazole rings is 1. The van der Waals surface area contributed by atoms with Gasteiger partial charge in [-0.15, -0.1) is 11.3 Å². The highest BCUT2D eigenvalue weighted by Gasteiger charge is 2.09. The molecule has 0 aliphatic carbocycles. The normalized spacial score (nSPS) is 10.3. The number of rotatable bonds is 7. The summed E-state index contributed by atoms with van der Waals surface area (Å²) in [4.78, 5) is 28.1. The van der Waals surface area contributed by atoms with Crippen LogP contribution in [-0.2, 0) is 11.3 Å². The molecule has 0 aliphatic rings. The number of hydrogen-bond acceptors (Lipinski definition) is 6. The number of hydrogen-bond donors (Lipinski definition) is 1. The molecular weight excluding hydrogens is 364 g/mol. The van der Waals surface area contributed by atoms with Crippen molar-refractivity contribution in [3.8, 4) is 5.75 Å². The van der Waals surface area contributed by atoms with E-state index in [2.05, 4.69) is 10.3 Å². The number of carbonyl (C=O) groups is 2. The van der Waals surface area contributed by atoms with E-state index >= 15 is 0 Å². The molecule has 0 saturated heterocycles. The molecule has 1 heterocycles. The molecule has 0 fully saturated rings. The molecule has 0 saturated carbocycles. The number of esters is 1. The second kappa shape index (κ2) is 8.95. The highest BCUT2D eigenvalue weighted by atomic mass is 32.1. The Morgan fingerprint density at radius 1 is 1.04 bits per heavy atom. The molecule has 0 atom stereocenters. The van der Waals surface area contributed by atoms with Crippen LogP contribution in [0.1, 0.15) is 33.3 Å². The summed E-state index contributed by atoms with van der Waals surface area (Å²) in [7, 11) is 0. The van der Waals surface area contributed by atoms with E-state index in [1.165, 1.54) is 11.3 Å². The van der Waals surface area contributed by atoms with E-state index in [0.717, 1.165) is 5.69 Å². The first-order valence-corrected chi connectivity index (χ1v) is 9.28. The highest BCUT2D eigenvalue weighted by Crippen LogP contribution is 2.16. The van der Waals surface area contributed by atoms with Crippen molar-refractivity contribution in [2.45, 2.75) is 13.5 Å². The zero-order chi connectivity index (χ0) is 19.1. The summed E-state index contributed by atoms with van der Waals surface area (Å²) in [5.74, 6) is 0.0342. The molecule has 0 bridgehead atoms. The van der Waals surface area contributed by atoms with E-state index in [1.54, 1.807) is 61.0 Å². The Bertz CT molecular complexity index is 891. The molecule has 6 nitrogen and oxygen atoms in total. The van der Waals surface area contributed by atoms with Gasteiger partial charge in [0.1, 0.15) is 12.4 Å². The van der Waals surface area contributed by atoms with Gasteiger partial charge in [0.05, 0.1) is 23.4 Å². The first-order chi connectivity index (χ1) is 13.2. The van der Waals surface area contributed by atoms with Gasteiger partial charge in [-0.3, -0.25) is 4.79 Å². The third-order valence-electron chi connectivity index (χ3n) is 3.64. The van der Waals surface area contributed by atoms with Gasteiger partial charge in [0.25, 0.3) is 5.91 Å². The van der Waals surface area contributed by atoms with Crippen molar-refractivity contribution in [1.82, 2.24) is 4.98 Å². The molecule has 0 unspecified atom stereocenters. The van der Waals surface area contributed by atoms with Gasteiger partial charge in [-0.1, -0.05) is 0 Å². The average molecular weight is 382 g/mol. The first-order valence-electron chi connectivity index (χ1n) is 8.34.